The maximum absolute atomic E-state index is 12.8. The van der Waals surface area contributed by atoms with Crippen molar-refractivity contribution >= 4 is 5.91 Å². The summed E-state index contributed by atoms with van der Waals surface area (Å²) in [6.07, 6.45) is 5.77. The fraction of sp³-hybridized carbons (Fsp3) is 0.625. The van der Waals surface area contributed by atoms with Crippen molar-refractivity contribution in [1.82, 2.24) is 5.32 Å². The van der Waals surface area contributed by atoms with Crippen molar-refractivity contribution in [2.24, 2.45) is 5.92 Å². The Hall–Kier alpha value is -1.11. The molecular formula is C8H9F2NO. The van der Waals surface area contributed by atoms with E-state index in [0.717, 1.165) is 0 Å². The normalized spacial score (nSPS) is 16.8. The molecule has 0 spiro atoms. The Morgan fingerprint density at radius 3 is 2.67 bits per heavy atom. The maximum atomic E-state index is 12.8. The third-order valence-electron chi connectivity index (χ3n) is 1.79. The Kier molecular flexibility index (Phi) is 2.32. The molecule has 0 saturated heterocycles. The molecule has 0 aromatic carbocycles. The number of amides is 1. The summed E-state index contributed by atoms with van der Waals surface area (Å²) in [5.41, 5.74) is 0. The molecule has 0 radical (unpaired) electrons. The topological polar surface area (TPSA) is 29.1 Å². The van der Waals surface area contributed by atoms with Gasteiger partial charge in [0.25, 0.3) is 11.8 Å². The zero-order valence-electron chi connectivity index (χ0n) is 6.44. The lowest BCUT2D eigenvalue weighted by molar-refractivity contribution is -0.118. The van der Waals surface area contributed by atoms with Gasteiger partial charge < -0.3 is 5.32 Å². The number of nitrogens with one attached hydrogen (secondary N) is 1. The SMILES string of the molecule is C#CC(=O)NCC(F)(F)C1CC1. The van der Waals surface area contributed by atoms with E-state index in [0.29, 0.717) is 12.8 Å². The van der Waals surface area contributed by atoms with Crippen molar-refractivity contribution in [1.29, 1.82) is 0 Å². The molecule has 0 heterocycles. The molecule has 0 aromatic heterocycles. The van der Waals surface area contributed by atoms with Crippen LogP contribution in [-0.2, 0) is 4.79 Å². The third-order valence-corrected chi connectivity index (χ3v) is 1.79. The first-order chi connectivity index (χ1) is 5.56. The predicted octanol–water partition coefficient (Wildman–Crippen LogP) is 0.781. The minimum absolute atomic E-state index is 0.541. The third kappa shape index (κ3) is 2.19. The first-order valence-corrected chi connectivity index (χ1v) is 3.68. The summed E-state index contributed by atoms with van der Waals surface area (Å²) < 4.78 is 25.6. The molecule has 1 saturated carbocycles. The minimum Gasteiger partial charge on any atom is -0.339 e. The number of hydrogen-bond acceptors (Lipinski definition) is 1. The fourth-order valence-electron chi connectivity index (χ4n) is 0.899. The minimum atomic E-state index is -2.79. The molecule has 0 atom stereocenters. The first-order valence-electron chi connectivity index (χ1n) is 3.68. The van der Waals surface area contributed by atoms with Crippen molar-refractivity contribution < 1.29 is 13.6 Å². The van der Waals surface area contributed by atoms with Gasteiger partial charge >= 0.3 is 0 Å². The number of halogens is 2. The summed E-state index contributed by atoms with van der Waals surface area (Å²) >= 11 is 0. The van der Waals surface area contributed by atoms with Gasteiger partial charge in [-0.25, -0.2) is 8.78 Å². The molecule has 1 aliphatic rings. The highest BCUT2D eigenvalue weighted by atomic mass is 19.3. The Morgan fingerprint density at radius 1 is 1.67 bits per heavy atom. The zero-order chi connectivity index (χ0) is 9.19. The van der Waals surface area contributed by atoms with Gasteiger partial charge in [0.15, 0.2) is 0 Å². The van der Waals surface area contributed by atoms with Crippen molar-refractivity contribution in [2.75, 3.05) is 6.54 Å². The van der Waals surface area contributed by atoms with Crippen LogP contribution in [0.25, 0.3) is 0 Å². The van der Waals surface area contributed by atoms with Gasteiger partial charge in [0.2, 0.25) is 0 Å². The standard InChI is InChI=1S/C8H9F2NO/c1-2-7(12)11-5-8(9,10)6-3-4-6/h1,6H,3-5H2,(H,11,12). The monoisotopic (exact) mass is 173 g/mol. The van der Waals surface area contributed by atoms with E-state index >= 15 is 0 Å². The van der Waals surface area contributed by atoms with E-state index in [1.54, 1.807) is 5.92 Å². The molecule has 1 fully saturated rings. The Bertz CT molecular complexity index is 228. The molecule has 4 heteroatoms. The molecule has 1 rings (SSSR count). The van der Waals surface area contributed by atoms with Crippen molar-refractivity contribution in [3.8, 4) is 12.3 Å². The lowest BCUT2D eigenvalue weighted by atomic mass is 10.2. The van der Waals surface area contributed by atoms with E-state index in [1.807, 2.05) is 5.32 Å². The van der Waals surface area contributed by atoms with Crippen LogP contribution in [0.5, 0.6) is 0 Å². The summed E-state index contributed by atoms with van der Waals surface area (Å²) in [6, 6.07) is 0. The van der Waals surface area contributed by atoms with Crippen LogP contribution in [0.4, 0.5) is 8.78 Å². The summed E-state index contributed by atoms with van der Waals surface area (Å²) in [5.74, 6) is -2.41. The molecule has 0 unspecified atom stereocenters. The van der Waals surface area contributed by atoms with Gasteiger partial charge in [-0.15, -0.1) is 6.42 Å². The Labute approximate surface area is 69.3 Å². The van der Waals surface area contributed by atoms with Crippen molar-refractivity contribution in [3.63, 3.8) is 0 Å². The predicted molar refractivity (Wildman–Crippen MR) is 39.5 cm³/mol. The molecule has 2 nitrogen and oxygen atoms in total. The van der Waals surface area contributed by atoms with Gasteiger partial charge in [-0.1, -0.05) is 0 Å². The Balaban J connectivity index is 2.30. The summed E-state index contributed by atoms with van der Waals surface area (Å²) in [7, 11) is 0. The lowest BCUT2D eigenvalue weighted by Gasteiger charge is -2.14. The molecular weight excluding hydrogens is 164 g/mol. The van der Waals surface area contributed by atoms with Crippen molar-refractivity contribution in [2.45, 2.75) is 18.8 Å². The number of hydrogen-bond donors (Lipinski definition) is 1. The lowest BCUT2D eigenvalue weighted by Crippen LogP contribution is -2.37. The summed E-state index contributed by atoms with van der Waals surface area (Å²) in [4.78, 5) is 10.4. The Morgan fingerprint density at radius 2 is 2.25 bits per heavy atom. The van der Waals surface area contributed by atoms with Gasteiger partial charge in [-0.05, 0) is 18.8 Å². The van der Waals surface area contributed by atoms with E-state index in [2.05, 4.69) is 6.42 Å². The van der Waals surface area contributed by atoms with Gasteiger partial charge in [-0.2, -0.15) is 0 Å². The first kappa shape index (κ1) is 8.98. The van der Waals surface area contributed by atoms with E-state index < -0.39 is 24.3 Å². The molecule has 12 heavy (non-hydrogen) atoms. The van der Waals surface area contributed by atoms with Gasteiger partial charge in [0.05, 0.1) is 6.54 Å². The molecule has 0 aliphatic heterocycles. The molecule has 1 aliphatic carbocycles. The van der Waals surface area contributed by atoms with Gasteiger partial charge in [-0.3, -0.25) is 4.79 Å². The highest BCUT2D eigenvalue weighted by Gasteiger charge is 2.46. The van der Waals surface area contributed by atoms with Crippen LogP contribution in [0.3, 0.4) is 0 Å². The van der Waals surface area contributed by atoms with Crippen LogP contribution in [0.1, 0.15) is 12.8 Å². The average Bonchev–Trinajstić information content (AvgIpc) is 2.82. The van der Waals surface area contributed by atoms with Crippen LogP contribution in [-0.4, -0.2) is 18.4 Å². The molecule has 1 N–H and O–H groups in total. The zero-order valence-corrected chi connectivity index (χ0v) is 6.44. The van der Waals surface area contributed by atoms with Crippen LogP contribution in [0.2, 0.25) is 0 Å². The quantitative estimate of drug-likeness (QED) is 0.628. The average molecular weight is 173 g/mol. The second-order valence-corrected chi connectivity index (χ2v) is 2.86. The van der Waals surface area contributed by atoms with Crippen LogP contribution < -0.4 is 5.32 Å². The van der Waals surface area contributed by atoms with Crippen LogP contribution >= 0.6 is 0 Å². The number of terminal acetylenes is 1. The van der Waals surface area contributed by atoms with E-state index in [9.17, 15) is 13.6 Å². The number of carbonyl (C=O) groups is 1. The van der Waals surface area contributed by atoms with Gasteiger partial charge in [0, 0.05) is 5.92 Å². The second-order valence-electron chi connectivity index (χ2n) is 2.86. The highest BCUT2D eigenvalue weighted by molar-refractivity contribution is 5.92. The number of carbonyl (C=O) groups excluding carboxylic acids is 1. The largest absolute Gasteiger partial charge is 0.339 e. The summed E-state index contributed by atoms with van der Waals surface area (Å²) in [5, 5.41) is 1.97. The van der Waals surface area contributed by atoms with E-state index in [4.69, 9.17) is 0 Å². The molecule has 66 valence electrons. The van der Waals surface area contributed by atoms with Crippen molar-refractivity contribution in [3.05, 3.63) is 0 Å². The molecule has 1 amide bonds. The molecule has 0 bridgehead atoms. The molecule has 0 aromatic rings. The van der Waals surface area contributed by atoms with E-state index in [1.165, 1.54) is 0 Å². The smallest absolute Gasteiger partial charge is 0.295 e. The van der Waals surface area contributed by atoms with Gasteiger partial charge in [0.1, 0.15) is 0 Å². The van der Waals surface area contributed by atoms with Crippen LogP contribution in [0.15, 0.2) is 0 Å². The fourth-order valence-corrected chi connectivity index (χ4v) is 0.899. The maximum Gasteiger partial charge on any atom is 0.295 e. The highest BCUT2D eigenvalue weighted by Crippen LogP contribution is 2.42. The van der Waals surface area contributed by atoms with Crippen LogP contribution in [0, 0.1) is 18.3 Å². The number of alkyl halides is 2. The number of rotatable bonds is 3. The summed E-state index contributed by atoms with van der Waals surface area (Å²) in [6.45, 7) is -0.638. The second kappa shape index (κ2) is 3.10. The van der Waals surface area contributed by atoms with E-state index in [-0.39, 0.29) is 0 Å².